The Labute approximate surface area is 178 Å². The van der Waals surface area contributed by atoms with Gasteiger partial charge in [-0.3, -0.25) is 5.32 Å². The van der Waals surface area contributed by atoms with Crippen LogP contribution in [0.5, 0.6) is 0 Å². The molecule has 0 saturated heterocycles. The van der Waals surface area contributed by atoms with Gasteiger partial charge in [0.1, 0.15) is 11.7 Å². The van der Waals surface area contributed by atoms with E-state index in [1.807, 2.05) is 12.1 Å². The highest BCUT2D eigenvalue weighted by Crippen LogP contribution is 2.17. The summed E-state index contributed by atoms with van der Waals surface area (Å²) in [5.74, 6) is 1.48. The van der Waals surface area contributed by atoms with Crippen molar-refractivity contribution in [3.05, 3.63) is 24.3 Å². The molecule has 3 unspecified atom stereocenters. The molecule has 2 rings (SSSR count). The molecular formula is C24H43N5. The van der Waals surface area contributed by atoms with Crippen LogP contribution in [-0.4, -0.2) is 34.6 Å². The van der Waals surface area contributed by atoms with Crippen molar-refractivity contribution in [2.45, 2.75) is 85.2 Å². The molecule has 0 aliphatic carbocycles. The third-order valence-electron chi connectivity index (χ3n) is 6.17. The van der Waals surface area contributed by atoms with Gasteiger partial charge in [-0.25, -0.2) is 4.68 Å². The Bertz CT molecular complexity index is 668. The molecule has 3 atom stereocenters. The molecule has 0 amide bonds. The number of hydrogen-bond donors (Lipinski definition) is 2. The summed E-state index contributed by atoms with van der Waals surface area (Å²) >= 11 is 0. The first-order valence-corrected chi connectivity index (χ1v) is 12.0. The van der Waals surface area contributed by atoms with Gasteiger partial charge in [0.25, 0.3) is 0 Å². The summed E-state index contributed by atoms with van der Waals surface area (Å²) in [6.07, 6.45) is 10.4. The Morgan fingerprint density at radius 1 is 0.862 bits per heavy atom. The molecule has 0 radical (unpaired) electrons. The number of para-hydroxylation sites is 1. The lowest BCUT2D eigenvalue weighted by molar-refractivity contribution is 0.303. The summed E-state index contributed by atoms with van der Waals surface area (Å²) in [4.78, 5) is 0. The largest absolute Gasteiger partial charge is 0.313 e. The molecule has 0 fully saturated rings. The van der Waals surface area contributed by atoms with Gasteiger partial charge in [0.2, 0.25) is 0 Å². The van der Waals surface area contributed by atoms with Gasteiger partial charge in [-0.1, -0.05) is 83.6 Å². The molecule has 0 spiro atoms. The molecular weight excluding hydrogens is 358 g/mol. The zero-order valence-electron chi connectivity index (χ0n) is 19.2. The fraction of sp³-hybridized carbons (Fsp3) is 0.750. The number of nitrogens with zero attached hydrogens (tertiary/aromatic N) is 3. The van der Waals surface area contributed by atoms with Crippen LogP contribution >= 0.6 is 0 Å². The van der Waals surface area contributed by atoms with E-state index in [2.05, 4.69) is 65.5 Å². The first-order valence-electron chi connectivity index (χ1n) is 12.0. The molecule has 5 nitrogen and oxygen atoms in total. The van der Waals surface area contributed by atoms with E-state index in [0.29, 0.717) is 0 Å². The van der Waals surface area contributed by atoms with Crippen LogP contribution in [-0.2, 0) is 0 Å². The number of hydrogen-bond acceptors (Lipinski definition) is 4. The lowest BCUT2D eigenvalue weighted by Crippen LogP contribution is -2.40. The average Bonchev–Trinajstić information content (AvgIpc) is 3.18. The summed E-state index contributed by atoms with van der Waals surface area (Å²) in [5.41, 5.74) is 2.07. The van der Waals surface area contributed by atoms with E-state index >= 15 is 0 Å². The Morgan fingerprint density at radius 2 is 1.52 bits per heavy atom. The maximum absolute atomic E-state index is 4.49. The van der Waals surface area contributed by atoms with Crippen molar-refractivity contribution in [1.82, 2.24) is 25.6 Å². The normalized spacial score (nSPS) is 14.9. The summed E-state index contributed by atoms with van der Waals surface area (Å²) in [6.45, 7) is 12.1. The molecule has 1 aromatic carbocycles. The number of aromatic nitrogens is 3. The van der Waals surface area contributed by atoms with Crippen LogP contribution in [0, 0.1) is 11.8 Å². The fourth-order valence-electron chi connectivity index (χ4n) is 3.98. The second-order valence-corrected chi connectivity index (χ2v) is 8.44. The number of unbranched alkanes of at least 4 members (excludes halogenated alkanes) is 2. The standard InChI is InChI=1S/C24H43N5/c1-5-9-13-20(7-3)17-25-19-24(26-18-21(8-4)14-10-6-2)29-23-16-12-11-15-22(23)27-28-29/h11-12,15-16,20-21,24-26H,5-10,13-14,17-19H2,1-4H3. The van der Waals surface area contributed by atoms with E-state index < -0.39 is 0 Å². The van der Waals surface area contributed by atoms with E-state index in [9.17, 15) is 0 Å². The molecule has 1 heterocycles. The molecule has 2 aromatic rings. The molecule has 5 heteroatoms. The molecule has 0 aliphatic rings. The Balaban J connectivity index is 2.02. The quantitative estimate of drug-likeness (QED) is 0.388. The maximum Gasteiger partial charge on any atom is 0.116 e. The molecule has 0 bridgehead atoms. The minimum Gasteiger partial charge on any atom is -0.313 e. The van der Waals surface area contributed by atoms with E-state index in [1.54, 1.807) is 0 Å². The number of nitrogens with one attached hydrogen (secondary N) is 2. The summed E-state index contributed by atoms with van der Waals surface area (Å²) in [6, 6.07) is 8.26. The Morgan fingerprint density at radius 3 is 2.17 bits per heavy atom. The van der Waals surface area contributed by atoms with Gasteiger partial charge < -0.3 is 5.32 Å². The lowest BCUT2D eigenvalue weighted by Gasteiger charge is -2.24. The highest BCUT2D eigenvalue weighted by molar-refractivity contribution is 5.73. The first-order chi connectivity index (χ1) is 14.2. The third kappa shape index (κ3) is 7.71. The smallest absolute Gasteiger partial charge is 0.116 e. The van der Waals surface area contributed by atoms with E-state index in [4.69, 9.17) is 0 Å². The third-order valence-corrected chi connectivity index (χ3v) is 6.17. The molecule has 0 aliphatic heterocycles. The minimum atomic E-state index is 0.127. The van der Waals surface area contributed by atoms with Gasteiger partial charge in [0.05, 0.1) is 5.52 Å². The highest BCUT2D eigenvalue weighted by Gasteiger charge is 2.17. The van der Waals surface area contributed by atoms with Crippen LogP contribution in [0.4, 0.5) is 0 Å². The predicted molar refractivity (Wildman–Crippen MR) is 124 cm³/mol. The Hall–Kier alpha value is -1.46. The van der Waals surface area contributed by atoms with Crippen molar-refractivity contribution in [2.75, 3.05) is 19.6 Å². The van der Waals surface area contributed by atoms with Gasteiger partial charge in [0, 0.05) is 6.54 Å². The zero-order valence-corrected chi connectivity index (χ0v) is 19.2. The summed E-state index contributed by atoms with van der Waals surface area (Å²) in [5, 5.41) is 16.4. The number of fused-ring (bicyclic) bond motifs is 1. The van der Waals surface area contributed by atoms with Crippen molar-refractivity contribution in [1.29, 1.82) is 0 Å². The summed E-state index contributed by atoms with van der Waals surface area (Å²) in [7, 11) is 0. The zero-order chi connectivity index (χ0) is 20.9. The van der Waals surface area contributed by atoms with Crippen molar-refractivity contribution >= 4 is 11.0 Å². The van der Waals surface area contributed by atoms with Crippen LogP contribution in [0.15, 0.2) is 24.3 Å². The van der Waals surface area contributed by atoms with Crippen molar-refractivity contribution in [2.24, 2.45) is 11.8 Å². The number of benzene rings is 1. The molecule has 0 saturated carbocycles. The first kappa shape index (κ1) is 23.8. The Kier molecular flexibility index (Phi) is 11.3. The van der Waals surface area contributed by atoms with Gasteiger partial charge in [-0.05, 0) is 49.9 Å². The molecule has 2 N–H and O–H groups in total. The van der Waals surface area contributed by atoms with Crippen LogP contribution in [0.2, 0.25) is 0 Å². The second-order valence-electron chi connectivity index (χ2n) is 8.44. The second kappa shape index (κ2) is 13.7. The van der Waals surface area contributed by atoms with Crippen LogP contribution < -0.4 is 10.6 Å². The van der Waals surface area contributed by atoms with Crippen molar-refractivity contribution < 1.29 is 0 Å². The van der Waals surface area contributed by atoms with Crippen molar-refractivity contribution in [3.8, 4) is 0 Å². The van der Waals surface area contributed by atoms with E-state index in [1.165, 1.54) is 51.4 Å². The SMILES string of the molecule is CCCCC(CC)CNCC(NCC(CC)CCCC)n1nnc2ccccc21. The van der Waals surface area contributed by atoms with Gasteiger partial charge in [-0.2, -0.15) is 0 Å². The molecule has 1 aromatic heterocycles. The fourth-order valence-corrected chi connectivity index (χ4v) is 3.98. The summed E-state index contributed by atoms with van der Waals surface area (Å²) < 4.78 is 2.07. The van der Waals surface area contributed by atoms with E-state index in [-0.39, 0.29) is 6.17 Å². The number of rotatable bonds is 16. The monoisotopic (exact) mass is 401 g/mol. The van der Waals surface area contributed by atoms with Crippen LogP contribution in [0.1, 0.15) is 85.2 Å². The van der Waals surface area contributed by atoms with Gasteiger partial charge in [0.15, 0.2) is 0 Å². The van der Waals surface area contributed by atoms with Crippen LogP contribution in [0.25, 0.3) is 11.0 Å². The van der Waals surface area contributed by atoms with Crippen molar-refractivity contribution in [3.63, 3.8) is 0 Å². The molecule has 29 heavy (non-hydrogen) atoms. The maximum atomic E-state index is 4.49. The predicted octanol–water partition coefficient (Wildman–Crippen LogP) is 5.54. The van der Waals surface area contributed by atoms with Gasteiger partial charge in [-0.15, -0.1) is 5.10 Å². The molecule has 164 valence electrons. The average molecular weight is 402 g/mol. The topological polar surface area (TPSA) is 54.8 Å². The van der Waals surface area contributed by atoms with Gasteiger partial charge >= 0.3 is 0 Å². The minimum absolute atomic E-state index is 0.127. The van der Waals surface area contributed by atoms with E-state index in [0.717, 1.165) is 42.5 Å². The highest BCUT2D eigenvalue weighted by atomic mass is 15.5. The van der Waals surface area contributed by atoms with Crippen LogP contribution in [0.3, 0.4) is 0 Å². The lowest BCUT2D eigenvalue weighted by atomic mass is 9.99.